The molecule has 0 radical (unpaired) electrons. The van der Waals surface area contributed by atoms with Crippen molar-refractivity contribution in [2.24, 2.45) is 0 Å². The zero-order chi connectivity index (χ0) is 13.5. The summed E-state index contributed by atoms with van der Waals surface area (Å²) in [6.07, 6.45) is 3.94. The van der Waals surface area contributed by atoms with Gasteiger partial charge in [-0.2, -0.15) is 5.10 Å². The molecule has 1 aromatic heterocycles. The van der Waals surface area contributed by atoms with Gasteiger partial charge in [-0.05, 0) is 19.3 Å². The van der Waals surface area contributed by atoms with Crippen LogP contribution in [-0.4, -0.2) is 45.4 Å². The molecule has 7 heteroatoms. The van der Waals surface area contributed by atoms with Crippen LogP contribution in [0.3, 0.4) is 0 Å². The van der Waals surface area contributed by atoms with E-state index >= 15 is 0 Å². The third-order valence-electron chi connectivity index (χ3n) is 4.00. The van der Waals surface area contributed by atoms with Gasteiger partial charge in [0, 0.05) is 12.8 Å². The van der Waals surface area contributed by atoms with Crippen LogP contribution in [0, 0.1) is 0 Å². The lowest BCUT2D eigenvalue weighted by atomic mass is 10.1. The number of aryl methyl sites for hydroxylation is 1. The molecule has 0 spiro atoms. The Labute approximate surface area is 112 Å². The van der Waals surface area contributed by atoms with Crippen LogP contribution in [0.2, 0.25) is 0 Å². The highest BCUT2D eigenvalue weighted by molar-refractivity contribution is 7.92. The zero-order valence-electron chi connectivity index (χ0n) is 10.8. The Balaban J connectivity index is 1.77. The molecule has 0 aromatic carbocycles. The molecule has 1 N–H and O–H groups in total. The molecule has 0 amide bonds. The first kappa shape index (κ1) is 13.1. The van der Waals surface area contributed by atoms with Crippen LogP contribution in [0.1, 0.15) is 37.3 Å². The highest BCUT2D eigenvalue weighted by Crippen LogP contribution is 2.23. The number of aliphatic hydroxyl groups excluding tert-OH is 1. The molecule has 1 aromatic rings. The van der Waals surface area contributed by atoms with Crippen molar-refractivity contribution in [2.45, 2.75) is 56.4 Å². The molecule has 0 bridgehead atoms. The quantitative estimate of drug-likeness (QED) is 0.832. The molecule has 0 aliphatic carbocycles. The van der Waals surface area contributed by atoms with E-state index in [9.17, 15) is 13.5 Å². The molecule has 2 aliphatic rings. The SMILES string of the molecule is O=S1(=O)CCCCC1Cc1nc2n(n1)CC(O)CC2. The van der Waals surface area contributed by atoms with Gasteiger partial charge in [-0.25, -0.2) is 18.1 Å². The van der Waals surface area contributed by atoms with Crippen LogP contribution >= 0.6 is 0 Å². The summed E-state index contributed by atoms with van der Waals surface area (Å²) < 4.78 is 25.7. The second kappa shape index (κ2) is 4.86. The minimum atomic E-state index is -2.97. The van der Waals surface area contributed by atoms with Crippen molar-refractivity contribution in [3.8, 4) is 0 Å². The molecular formula is C12H19N3O3S. The Kier molecular flexibility index (Phi) is 3.34. The molecule has 2 aliphatic heterocycles. The van der Waals surface area contributed by atoms with Gasteiger partial charge < -0.3 is 5.11 Å². The first-order chi connectivity index (χ1) is 9.04. The first-order valence-corrected chi connectivity index (χ1v) is 8.58. The molecular weight excluding hydrogens is 266 g/mol. The van der Waals surface area contributed by atoms with Crippen LogP contribution < -0.4 is 0 Å². The largest absolute Gasteiger partial charge is 0.391 e. The standard InChI is InChI=1S/C12H19N3O3S/c16-9-4-5-12-13-11(14-15(12)8-9)7-10-3-1-2-6-19(10,17)18/h9-10,16H,1-8H2. The Morgan fingerprint density at radius 1 is 1.32 bits per heavy atom. The Bertz CT molecular complexity index is 567. The average molecular weight is 285 g/mol. The Morgan fingerprint density at radius 3 is 2.95 bits per heavy atom. The fraction of sp³-hybridized carbons (Fsp3) is 0.833. The van der Waals surface area contributed by atoms with Crippen LogP contribution in [0.4, 0.5) is 0 Å². The molecule has 6 nitrogen and oxygen atoms in total. The van der Waals surface area contributed by atoms with E-state index in [1.807, 2.05) is 0 Å². The predicted octanol–water partition coefficient (Wildman–Crippen LogP) is 0.0950. The molecule has 0 saturated carbocycles. The third kappa shape index (κ3) is 2.67. The Morgan fingerprint density at radius 2 is 2.16 bits per heavy atom. The lowest BCUT2D eigenvalue weighted by Gasteiger charge is -2.20. The van der Waals surface area contributed by atoms with Crippen LogP contribution in [0.5, 0.6) is 0 Å². The molecule has 1 fully saturated rings. The summed E-state index contributed by atoms with van der Waals surface area (Å²) in [5, 5.41) is 13.6. The maximum atomic E-state index is 12.0. The van der Waals surface area contributed by atoms with Crippen molar-refractivity contribution in [3.63, 3.8) is 0 Å². The van der Waals surface area contributed by atoms with Crippen molar-refractivity contribution < 1.29 is 13.5 Å². The van der Waals surface area contributed by atoms with Crippen molar-refractivity contribution in [2.75, 3.05) is 5.75 Å². The highest BCUT2D eigenvalue weighted by atomic mass is 32.2. The van der Waals surface area contributed by atoms with Gasteiger partial charge in [-0.1, -0.05) is 6.42 Å². The number of aromatic nitrogens is 3. The maximum Gasteiger partial charge on any atom is 0.153 e. The van der Waals surface area contributed by atoms with Crippen molar-refractivity contribution >= 4 is 9.84 Å². The van der Waals surface area contributed by atoms with Gasteiger partial charge in [0.25, 0.3) is 0 Å². The minimum absolute atomic E-state index is 0.296. The van der Waals surface area contributed by atoms with Gasteiger partial charge in [0.1, 0.15) is 5.82 Å². The number of hydrogen-bond acceptors (Lipinski definition) is 5. The van der Waals surface area contributed by atoms with Gasteiger partial charge in [0.2, 0.25) is 0 Å². The van der Waals surface area contributed by atoms with E-state index in [1.54, 1.807) is 4.68 Å². The van der Waals surface area contributed by atoms with Crippen LogP contribution in [-0.2, 0) is 29.2 Å². The predicted molar refractivity (Wildman–Crippen MR) is 69.5 cm³/mol. The van der Waals surface area contributed by atoms with E-state index in [0.717, 1.165) is 25.1 Å². The normalized spacial score (nSPS) is 29.9. The number of hydrogen-bond donors (Lipinski definition) is 1. The molecule has 1 saturated heterocycles. The zero-order valence-corrected chi connectivity index (χ0v) is 11.6. The van der Waals surface area contributed by atoms with Gasteiger partial charge >= 0.3 is 0 Å². The average Bonchev–Trinajstić information content (AvgIpc) is 2.73. The summed E-state index contributed by atoms with van der Waals surface area (Å²) >= 11 is 0. The summed E-state index contributed by atoms with van der Waals surface area (Å²) in [5.41, 5.74) is 0. The van der Waals surface area contributed by atoms with Gasteiger partial charge in [-0.3, -0.25) is 0 Å². The smallest absolute Gasteiger partial charge is 0.153 e. The van der Waals surface area contributed by atoms with Crippen molar-refractivity contribution in [1.82, 2.24) is 14.8 Å². The second-order valence-corrected chi connectivity index (χ2v) is 7.91. The van der Waals surface area contributed by atoms with Crippen LogP contribution in [0.15, 0.2) is 0 Å². The topological polar surface area (TPSA) is 85.1 Å². The summed E-state index contributed by atoms with van der Waals surface area (Å²) in [5.74, 6) is 1.78. The molecule has 19 heavy (non-hydrogen) atoms. The van der Waals surface area contributed by atoms with Crippen molar-refractivity contribution in [3.05, 3.63) is 11.6 Å². The molecule has 2 unspecified atom stereocenters. The molecule has 2 atom stereocenters. The van der Waals surface area contributed by atoms with E-state index in [0.29, 0.717) is 37.4 Å². The van der Waals surface area contributed by atoms with Crippen LogP contribution in [0.25, 0.3) is 0 Å². The second-order valence-electron chi connectivity index (χ2n) is 5.51. The van der Waals surface area contributed by atoms with E-state index in [1.165, 1.54) is 0 Å². The summed E-state index contributed by atoms with van der Waals surface area (Å²) in [6.45, 7) is 0.472. The lowest BCUT2D eigenvalue weighted by Crippen LogP contribution is -2.30. The van der Waals surface area contributed by atoms with E-state index in [4.69, 9.17) is 0 Å². The van der Waals surface area contributed by atoms with Gasteiger partial charge in [0.05, 0.1) is 23.7 Å². The third-order valence-corrected chi connectivity index (χ3v) is 6.28. The summed E-state index contributed by atoms with van der Waals surface area (Å²) in [6, 6.07) is 0. The highest BCUT2D eigenvalue weighted by Gasteiger charge is 2.30. The molecule has 3 rings (SSSR count). The number of rotatable bonds is 2. The number of nitrogens with zero attached hydrogens (tertiary/aromatic N) is 3. The Hall–Kier alpha value is -0.950. The lowest BCUT2D eigenvalue weighted by molar-refractivity contribution is 0.124. The fourth-order valence-corrected chi connectivity index (χ4v) is 4.75. The van der Waals surface area contributed by atoms with E-state index in [2.05, 4.69) is 10.1 Å². The van der Waals surface area contributed by atoms with E-state index in [-0.39, 0.29) is 11.4 Å². The van der Waals surface area contributed by atoms with Gasteiger partial charge in [0.15, 0.2) is 15.7 Å². The summed E-state index contributed by atoms with van der Waals surface area (Å²) in [4.78, 5) is 4.42. The monoisotopic (exact) mass is 285 g/mol. The molecule has 106 valence electrons. The fourth-order valence-electron chi connectivity index (χ4n) is 2.88. The number of fused-ring (bicyclic) bond motifs is 1. The maximum absolute atomic E-state index is 12.0. The van der Waals surface area contributed by atoms with E-state index < -0.39 is 9.84 Å². The molecule has 3 heterocycles. The number of aliphatic hydroxyl groups is 1. The minimum Gasteiger partial charge on any atom is -0.391 e. The van der Waals surface area contributed by atoms with Gasteiger partial charge in [-0.15, -0.1) is 0 Å². The number of sulfone groups is 1. The van der Waals surface area contributed by atoms with Crippen molar-refractivity contribution in [1.29, 1.82) is 0 Å². The summed E-state index contributed by atoms with van der Waals surface area (Å²) in [7, 11) is -2.97. The first-order valence-electron chi connectivity index (χ1n) is 6.87.